The lowest BCUT2D eigenvalue weighted by molar-refractivity contribution is -0.130. The molecule has 0 fully saturated rings. The van der Waals surface area contributed by atoms with Crippen molar-refractivity contribution in [3.8, 4) is 0 Å². The van der Waals surface area contributed by atoms with Crippen LogP contribution in [-0.2, 0) is 14.3 Å². The second-order valence-electron chi connectivity index (χ2n) is 7.76. The number of anilines is 2. The Morgan fingerprint density at radius 3 is 2.56 bits per heavy atom. The van der Waals surface area contributed by atoms with Crippen molar-refractivity contribution in [2.75, 3.05) is 4.90 Å². The van der Waals surface area contributed by atoms with Gasteiger partial charge in [-0.3, -0.25) is 9.69 Å². The number of esters is 1. The molecule has 1 aromatic heterocycles. The van der Waals surface area contributed by atoms with Gasteiger partial charge >= 0.3 is 5.97 Å². The van der Waals surface area contributed by atoms with E-state index in [1.165, 1.54) is 18.3 Å². The van der Waals surface area contributed by atoms with Crippen molar-refractivity contribution >= 4 is 46.0 Å². The summed E-state index contributed by atoms with van der Waals surface area (Å²) >= 11 is 1.33. The Hall–Kier alpha value is -3.58. The van der Waals surface area contributed by atoms with Crippen LogP contribution in [0.4, 0.5) is 10.8 Å². The SMILES string of the molecule is CC(=O)N(c1nc(/C=C2\N=C(c3ccc(C)c(C)c3)OC2=O)cs1)c1cccc(C)c1C. The summed E-state index contributed by atoms with van der Waals surface area (Å²) in [4.78, 5) is 35.3. The molecule has 0 bridgehead atoms. The highest BCUT2D eigenvalue weighted by Crippen LogP contribution is 2.33. The quantitative estimate of drug-likeness (QED) is 0.398. The molecule has 0 atom stereocenters. The fourth-order valence-corrected chi connectivity index (χ4v) is 4.21. The molecule has 2 aromatic carbocycles. The molecule has 1 aliphatic heterocycles. The van der Waals surface area contributed by atoms with Gasteiger partial charge in [0.25, 0.3) is 0 Å². The summed E-state index contributed by atoms with van der Waals surface area (Å²) in [7, 11) is 0. The van der Waals surface area contributed by atoms with E-state index >= 15 is 0 Å². The summed E-state index contributed by atoms with van der Waals surface area (Å²) in [6.45, 7) is 9.52. The monoisotopic (exact) mass is 445 g/mol. The smallest absolute Gasteiger partial charge is 0.363 e. The lowest BCUT2D eigenvalue weighted by Crippen LogP contribution is -2.23. The average molecular weight is 446 g/mol. The third-order valence-corrected chi connectivity index (χ3v) is 6.34. The van der Waals surface area contributed by atoms with Gasteiger partial charge in [-0.1, -0.05) is 18.2 Å². The first-order valence-corrected chi connectivity index (χ1v) is 11.0. The molecule has 3 aromatic rings. The van der Waals surface area contributed by atoms with Crippen LogP contribution in [0.2, 0.25) is 0 Å². The van der Waals surface area contributed by atoms with Gasteiger partial charge in [-0.15, -0.1) is 11.3 Å². The normalized spacial score (nSPS) is 14.5. The third kappa shape index (κ3) is 4.11. The largest absolute Gasteiger partial charge is 0.402 e. The van der Waals surface area contributed by atoms with Crippen molar-refractivity contribution in [1.82, 2.24) is 4.98 Å². The van der Waals surface area contributed by atoms with E-state index in [2.05, 4.69) is 9.98 Å². The minimum Gasteiger partial charge on any atom is -0.402 e. The maximum Gasteiger partial charge on any atom is 0.363 e. The van der Waals surface area contributed by atoms with Gasteiger partial charge in [0.1, 0.15) is 0 Å². The molecule has 32 heavy (non-hydrogen) atoms. The summed E-state index contributed by atoms with van der Waals surface area (Å²) in [6.07, 6.45) is 1.58. The Balaban J connectivity index is 1.66. The standard InChI is InChI=1S/C25H23N3O3S/c1-14-9-10-19(11-16(14)3)23-27-21(24(30)31-23)12-20-13-32-25(26-20)28(18(5)29)22-8-6-7-15(2)17(22)4/h6-13H,1-5H3/b21-12-. The average Bonchev–Trinajstić information content (AvgIpc) is 3.34. The van der Waals surface area contributed by atoms with Crippen molar-refractivity contribution < 1.29 is 14.3 Å². The van der Waals surface area contributed by atoms with E-state index in [4.69, 9.17) is 4.74 Å². The number of thiazole rings is 1. The van der Waals surface area contributed by atoms with Gasteiger partial charge in [-0.25, -0.2) is 14.8 Å². The van der Waals surface area contributed by atoms with Crippen LogP contribution in [0.25, 0.3) is 6.08 Å². The maximum absolute atomic E-state index is 12.4. The van der Waals surface area contributed by atoms with Gasteiger partial charge in [0, 0.05) is 17.9 Å². The molecule has 0 spiro atoms. The topological polar surface area (TPSA) is 71.9 Å². The number of aryl methyl sites for hydroxylation is 3. The van der Waals surface area contributed by atoms with Crippen LogP contribution in [0.3, 0.4) is 0 Å². The summed E-state index contributed by atoms with van der Waals surface area (Å²) in [5.41, 5.74) is 6.62. The van der Waals surface area contributed by atoms with Crippen LogP contribution in [-0.4, -0.2) is 22.8 Å². The molecule has 7 heteroatoms. The highest BCUT2D eigenvalue weighted by molar-refractivity contribution is 7.14. The second-order valence-corrected chi connectivity index (χ2v) is 8.60. The summed E-state index contributed by atoms with van der Waals surface area (Å²) in [5.74, 6) is -0.381. The van der Waals surface area contributed by atoms with Gasteiger partial charge in [0.2, 0.25) is 11.8 Å². The number of cyclic esters (lactones) is 1. The van der Waals surface area contributed by atoms with Gasteiger partial charge in [0.15, 0.2) is 10.8 Å². The van der Waals surface area contributed by atoms with Crippen molar-refractivity contribution in [3.05, 3.63) is 81.0 Å². The number of nitrogens with zero attached hydrogens (tertiary/aromatic N) is 3. The number of hydrogen-bond acceptors (Lipinski definition) is 6. The fourth-order valence-electron chi connectivity index (χ4n) is 3.38. The lowest BCUT2D eigenvalue weighted by atomic mass is 10.1. The Bertz CT molecular complexity index is 1300. The first-order chi connectivity index (χ1) is 15.2. The molecule has 1 amide bonds. The van der Waals surface area contributed by atoms with Gasteiger partial charge in [0.05, 0.1) is 11.4 Å². The van der Waals surface area contributed by atoms with Crippen LogP contribution >= 0.6 is 11.3 Å². The van der Waals surface area contributed by atoms with Crippen LogP contribution in [0.15, 0.2) is 52.5 Å². The van der Waals surface area contributed by atoms with Crippen molar-refractivity contribution in [1.29, 1.82) is 0 Å². The Labute approximate surface area is 190 Å². The molecule has 2 heterocycles. The van der Waals surface area contributed by atoms with Crippen LogP contribution < -0.4 is 4.90 Å². The van der Waals surface area contributed by atoms with Gasteiger partial charge in [-0.2, -0.15) is 0 Å². The molecule has 0 radical (unpaired) electrons. The minimum atomic E-state index is -0.522. The van der Waals surface area contributed by atoms with E-state index < -0.39 is 5.97 Å². The number of rotatable bonds is 4. The highest BCUT2D eigenvalue weighted by Gasteiger charge is 2.25. The van der Waals surface area contributed by atoms with Gasteiger partial charge < -0.3 is 4.74 Å². The Kier molecular flexibility index (Phi) is 5.76. The number of hydrogen-bond donors (Lipinski definition) is 0. The first kappa shape index (κ1) is 21.6. The Morgan fingerprint density at radius 1 is 1.06 bits per heavy atom. The van der Waals surface area contributed by atoms with Crippen molar-refractivity contribution in [2.45, 2.75) is 34.6 Å². The van der Waals surface area contributed by atoms with Crippen LogP contribution in [0.1, 0.15) is 40.4 Å². The van der Waals surface area contributed by atoms with Crippen molar-refractivity contribution in [2.24, 2.45) is 4.99 Å². The van der Waals surface area contributed by atoms with E-state index in [-0.39, 0.29) is 17.5 Å². The summed E-state index contributed by atoms with van der Waals surface area (Å²) in [6, 6.07) is 11.6. The Morgan fingerprint density at radius 2 is 1.84 bits per heavy atom. The number of benzene rings is 2. The van der Waals surface area contributed by atoms with Crippen LogP contribution in [0.5, 0.6) is 0 Å². The number of carbonyl (C=O) groups is 2. The number of ether oxygens (including phenoxy) is 1. The zero-order valence-electron chi connectivity index (χ0n) is 18.6. The number of aromatic nitrogens is 1. The van der Waals surface area contributed by atoms with E-state index in [9.17, 15) is 9.59 Å². The fraction of sp³-hybridized carbons (Fsp3) is 0.200. The van der Waals surface area contributed by atoms with E-state index in [0.717, 1.165) is 33.5 Å². The molecular formula is C25H23N3O3S. The lowest BCUT2D eigenvalue weighted by Gasteiger charge is -2.21. The molecule has 0 saturated carbocycles. The molecule has 0 N–H and O–H groups in total. The molecule has 0 unspecified atom stereocenters. The molecule has 6 nitrogen and oxygen atoms in total. The second kappa shape index (κ2) is 8.51. The van der Waals surface area contributed by atoms with Crippen LogP contribution in [0, 0.1) is 27.7 Å². The van der Waals surface area contributed by atoms with Gasteiger partial charge in [-0.05, 0) is 74.2 Å². The highest BCUT2D eigenvalue weighted by atomic mass is 32.1. The molecule has 1 aliphatic rings. The molecule has 0 saturated heterocycles. The van der Waals surface area contributed by atoms with E-state index in [0.29, 0.717) is 10.8 Å². The zero-order chi connectivity index (χ0) is 23.0. The number of carbonyl (C=O) groups excluding carboxylic acids is 2. The maximum atomic E-state index is 12.4. The zero-order valence-corrected chi connectivity index (χ0v) is 19.4. The predicted molar refractivity (Wildman–Crippen MR) is 127 cm³/mol. The first-order valence-electron chi connectivity index (χ1n) is 10.2. The predicted octanol–water partition coefficient (Wildman–Crippen LogP) is 5.41. The van der Waals surface area contributed by atoms with E-state index in [1.54, 1.807) is 16.4 Å². The molecular weight excluding hydrogens is 422 g/mol. The molecule has 4 rings (SSSR count). The van der Waals surface area contributed by atoms with Crippen molar-refractivity contribution in [3.63, 3.8) is 0 Å². The molecule has 0 aliphatic carbocycles. The third-order valence-electron chi connectivity index (χ3n) is 5.49. The summed E-state index contributed by atoms with van der Waals surface area (Å²) < 4.78 is 5.37. The minimum absolute atomic E-state index is 0.137. The number of aliphatic imine (C=N–C) groups is 1. The molecule has 162 valence electrons. The number of amides is 1. The van der Waals surface area contributed by atoms with E-state index in [1.807, 2.05) is 64.1 Å². The summed E-state index contributed by atoms with van der Waals surface area (Å²) in [5, 5.41) is 2.32.